The highest BCUT2D eigenvalue weighted by molar-refractivity contribution is 7.90. The van der Waals surface area contributed by atoms with E-state index in [1.54, 1.807) is 0 Å². The first-order valence-electron chi connectivity index (χ1n) is 10.8. The first kappa shape index (κ1) is 22.0. The Morgan fingerprint density at radius 2 is 1.87 bits per heavy atom. The van der Waals surface area contributed by atoms with Crippen LogP contribution in [0.3, 0.4) is 0 Å². The van der Waals surface area contributed by atoms with E-state index in [0.717, 1.165) is 16.6 Å². The van der Waals surface area contributed by atoms with Gasteiger partial charge in [-0.3, -0.25) is 0 Å². The van der Waals surface area contributed by atoms with Crippen LogP contribution in [0.2, 0.25) is 0 Å². The summed E-state index contributed by atoms with van der Waals surface area (Å²) in [6.45, 7) is 5.69. The predicted octanol–water partition coefficient (Wildman–Crippen LogP) is 4.89. The number of halogens is 2. The molecule has 2 saturated carbocycles. The van der Waals surface area contributed by atoms with Crippen molar-refractivity contribution in [2.45, 2.75) is 82.0 Å². The minimum atomic E-state index is -2.61. The number of H-pyrrole nitrogens is 1. The van der Waals surface area contributed by atoms with Crippen LogP contribution in [0.4, 0.5) is 8.78 Å². The van der Waals surface area contributed by atoms with Crippen molar-refractivity contribution in [2.24, 2.45) is 17.6 Å². The van der Waals surface area contributed by atoms with Crippen molar-refractivity contribution in [3.8, 4) is 0 Å². The van der Waals surface area contributed by atoms with Crippen LogP contribution in [0.5, 0.6) is 0 Å². The number of rotatable bonds is 6. The molecular formula is C22H32F2N4OS. The fraction of sp³-hybridized carbons (Fsp3) is 0.682. The molecule has 30 heavy (non-hydrogen) atoms. The Hall–Kier alpha value is -1.22. The third-order valence-corrected chi connectivity index (χ3v) is 7.94. The highest BCUT2D eigenvalue weighted by atomic mass is 32.2. The molecule has 0 radical (unpaired) electrons. The van der Waals surface area contributed by atoms with Gasteiger partial charge in [0.2, 0.25) is 5.92 Å². The number of nitrogens with two attached hydrogens (primary N) is 1. The molecule has 8 heteroatoms. The fourth-order valence-electron chi connectivity index (χ4n) is 4.19. The number of fused-ring (bicyclic) bond motifs is 1. The summed E-state index contributed by atoms with van der Waals surface area (Å²) in [4.78, 5) is 8.13. The summed E-state index contributed by atoms with van der Waals surface area (Å²) in [7, 11) is 0. The van der Waals surface area contributed by atoms with Crippen LogP contribution in [0.25, 0.3) is 11.0 Å². The monoisotopic (exact) mass is 438 g/mol. The minimum absolute atomic E-state index is 0.0254. The van der Waals surface area contributed by atoms with Gasteiger partial charge in [0.05, 0.1) is 11.0 Å². The van der Waals surface area contributed by atoms with E-state index in [2.05, 4.69) is 9.71 Å². The van der Waals surface area contributed by atoms with Crippen molar-refractivity contribution < 1.29 is 13.3 Å². The van der Waals surface area contributed by atoms with Gasteiger partial charge in [0, 0.05) is 30.2 Å². The number of hydrogen-bond donors (Lipinski definition) is 3. The first-order chi connectivity index (χ1) is 14.0. The zero-order chi connectivity index (χ0) is 21.7. The number of nitrogens with zero attached hydrogens (tertiary/aromatic N) is 1. The molecule has 1 aromatic heterocycles. The SMILES string of the molecule is CC(C)(C)[S@@+]([O-])NC(c1nc2cc(C(N)C3CC3)ccc2[nH]1)C1CCC(F)(F)CC1. The lowest BCUT2D eigenvalue weighted by Crippen LogP contribution is -2.44. The summed E-state index contributed by atoms with van der Waals surface area (Å²) in [5.74, 6) is -1.44. The lowest BCUT2D eigenvalue weighted by atomic mass is 9.82. The Bertz CT molecular complexity index is 883. The topological polar surface area (TPSA) is 89.8 Å². The van der Waals surface area contributed by atoms with Crippen LogP contribution in [-0.2, 0) is 11.4 Å². The van der Waals surface area contributed by atoms with Gasteiger partial charge in [-0.2, -0.15) is 0 Å². The second kappa shape index (κ2) is 8.04. The van der Waals surface area contributed by atoms with Crippen LogP contribution in [0.15, 0.2) is 18.2 Å². The maximum atomic E-state index is 13.7. The average Bonchev–Trinajstić information content (AvgIpc) is 3.43. The number of aromatic amines is 1. The van der Waals surface area contributed by atoms with Gasteiger partial charge in [-0.25, -0.2) is 13.8 Å². The molecule has 5 nitrogen and oxygen atoms in total. The highest BCUT2D eigenvalue weighted by Crippen LogP contribution is 2.42. The quantitative estimate of drug-likeness (QED) is 0.560. The molecular weight excluding hydrogens is 406 g/mol. The summed E-state index contributed by atoms with van der Waals surface area (Å²) in [6.07, 6.45) is 2.81. The minimum Gasteiger partial charge on any atom is -0.598 e. The molecule has 4 N–H and O–H groups in total. The van der Waals surface area contributed by atoms with Crippen molar-refractivity contribution >= 4 is 22.4 Å². The van der Waals surface area contributed by atoms with Crippen molar-refractivity contribution in [3.05, 3.63) is 29.6 Å². The van der Waals surface area contributed by atoms with Crippen LogP contribution < -0.4 is 10.5 Å². The molecule has 2 unspecified atom stereocenters. The zero-order valence-electron chi connectivity index (χ0n) is 17.9. The average molecular weight is 439 g/mol. The standard InChI is InChI=1S/C22H32F2N4OS/c1-21(2,3)30(29)28-19(14-8-10-22(23,24)11-9-14)20-26-16-7-6-15(12-17(16)27-20)18(25)13-4-5-13/h6-7,12-14,18-19,28H,4-5,8-11,25H2,1-3H3,(H,26,27)/t18?,19?,30-/m1/s1. The third-order valence-electron chi connectivity index (χ3n) is 6.36. The van der Waals surface area contributed by atoms with E-state index >= 15 is 0 Å². The molecule has 4 rings (SSSR count). The molecule has 2 aromatic rings. The zero-order valence-corrected chi connectivity index (χ0v) is 18.7. The summed E-state index contributed by atoms with van der Waals surface area (Å²) >= 11 is -1.34. The van der Waals surface area contributed by atoms with Gasteiger partial charge in [0.15, 0.2) is 0 Å². The molecule has 1 aromatic carbocycles. The Labute approximate surface area is 179 Å². The van der Waals surface area contributed by atoms with Crippen molar-refractivity contribution in [3.63, 3.8) is 0 Å². The van der Waals surface area contributed by atoms with E-state index in [4.69, 9.17) is 10.7 Å². The Morgan fingerprint density at radius 3 is 2.47 bits per heavy atom. The number of imidazole rings is 1. The normalized spacial score (nSPS) is 23.4. The largest absolute Gasteiger partial charge is 0.598 e. The van der Waals surface area contributed by atoms with Gasteiger partial charge in [0.1, 0.15) is 16.6 Å². The lowest BCUT2D eigenvalue weighted by molar-refractivity contribution is -0.0492. The third kappa shape index (κ3) is 4.82. The number of hydrogen-bond acceptors (Lipinski definition) is 4. The van der Waals surface area contributed by atoms with Gasteiger partial charge in [-0.15, -0.1) is 4.72 Å². The predicted molar refractivity (Wildman–Crippen MR) is 116 cm³/mol. The van der Waals surface area contributed by atoms with Crippen LogP contribution in [0, 0.1) is 11.8 Å². The fourth-order valence-corrected chi connectivity index (χ4v) is 5.08. The second-order valence-electron chi connectivity index (χ2n) is 9.93. The van der Waals surface area contributed by atoms with E-state index in [9.17, 15) is 13.3 Å². The smallest absolute Gasteiger partial charge is 0.248 e. The van der Waals surface area contributed by atoms with Crippen LogP contribution in [-0.4, -0.2) is 25.2 Å². The molecule has 0 amide bonds. The number of benzene rings is 1. The van der Waals surface area contributed by atoms with E-state index < -0.39 is 22.0 Å². The molecule has 166 valence electrons. The number of nitrogens with one attached hydrogen (secondary N) is 2. The molecule has 0 aliphatic heterocycles. The van der Waals surface area contributed by atoms with E-state index in [1.807, 2.05) is 39.0 Å². The Balaban J connectivity index is 1.62. The van der Waals surface area contributed by atoms with Gasteiger partial charge < -0.3 is 15.3 Å². The van der Waals surface area contributed by atoms with Crippen molar-refractivity contribution in [1.29, 1.82) is 0 Å². The van der Waals surface area contributed by atoms with E-state index in [-0.39, 0.29) is 30.8 Å². The summed E-state index contributed by atoms with van der Waals surface area (Å²) in [5, 5.41) is 0. The summed E-state index contributed by atoms with van der Waals surface area (Å²) < 4.78 is 43.1. The van der Waals surface area contributed by atoms with Crippen molar-refractivity contribution in [2.75, 3.05) is 0 Å². The molecule has 2 fully saturated rings. The molecule has 0 spiro atoms. The lowest BCUT2D eigenvalue weighted by Gasteiger charge is -2.35. The van der Waals surface area contributed by atoms with Crippen molar-refractivity contribution in [1.82, 2.24) is 14.7 Å². The Kier molecular flexibility index (Phi) is 5.89. The Morgan fingerprint density at radius 1 is 1.20 bits per heavy atom. The molecule has 2 aliphatic carbocycles. The molecule has 1 heterocycles. The number of alkyl halides is 2. The van der Waals surface area contributed by atoms with Gasteiger partial charge >= 0.3 is 0 Å². The maximum Gasteiger partial charge on any atom is 0.248 e. The summed E-state index contributed by atoms with van der Waals surface area (Å²) in [6, 6.07) is 5.69. The van der Waals surface area contributed by atoms with Crippen LogP contribution >= 0.6 is 0 Å². The van der Waals surface area contributed by atoms with E-state index in [1.165, 1.54) is 12.8 Å². The molecule has 3 atom stereocenters. The molecule has 2 aliphatic rings. The maximum absolute atomic E-state index is 13.7. The molecule has 0 saturated heterocycles. The summed E-state index contributed by atoms with van der Waals surface area (Å²) in [5.41, 5.74) is 9.12. The second-order valence-corrected chi connectivity index (χ2v) is 11.9. The van der Waals surface area contributed by atoms with Crippen LogP contribution in [0.1, 0.15) is 82.8 Å². The van der Waals surface area contributed by atoms with Gasteiger partial charge in [-0.1, -0.05) is 6.07 Å². The van der Waals surface area contributed by atoms with Gasteiger partial charge in [0.25, 0.3) is 0 Å². The number of aromatic nitrogens is 2. The molecule has 0 bridgehead atoms. The highest BCUT2D eigenvalue weighted by Gasteiger charge is 2.41. The van der Waals surface area contributed by atoms with E-state index in [0.29, 0.717) is 24.6 Å². The van der Waals surface area contributed by atoms with Gasteiger partial charge in [-0.05, 0) is 76.0 Å². The first-order valence-corrected chi connectivity index (χ1v) is 12.0.